The van der Waals surface area contributed by atoms with E-state index in [0.29, 0.717) is 37.1 Å². The highest BCUT2D eigenvalue weighted by molar-refractivity contribution is 5.81. The van der Waals surface area contributed by atoms with Gasteiger partial charge in [0.15, 0.2) is 11.7 Å². The van der Waals surface area contributed by atoms with Crippen LogP contribution in [0.2, 0.25) is 0 Å². The van der Waals surface area contributed by atoms with E-state index in [0.717, 1.165) is 11.3 Å². The molecule has 4 N–H and O–H groups in total. The summed E-state index contributed by atoms with van der Waals surface area (Å²) in [5.41, 5.74) is 7.23. The van der Waals surface area contributed by atoms with Crippen LogP contribution >= 0.6 is 0 Å². The molecule has 1 amide bonds. The molecule has 0 saturated heterocycles. The molecule has 2 aromatic rings. The van der Waals surface area contributed by atoms with Gasteiger partial charge in [-0.1, -0.05) is 31.1 Å². The van der Waals surface area contributed by atoms with Crippen LogP contribution in [0.15, 0.2) is 39.8 Å². The highest BCUT2D eigenvalue weighted by Crippen LogP contribution is 2.13. The van der Waals surface area contributed by atoms with Crippen LogP contribution in [0.5, 0.6) is 0 Å². The van der Waals surface area contributed by atoms with Crippen LogP contribution in [0.4, 0.5) is 4.39 Å². The normalized spacial score (nSPS) is 12.9. The number of nitrogens with two attached hydrogens (primary N) is 1. The highest BCUT2D eigenvalue weighted by Gasteiger charge is 2.17. The predicted molar refractivity (Wildman–Crippen MR) is 102 cm³/mol. The van der Waals surface area contributed by atoms with Gasteiger partial charge in [-0.15, -0.1) is 0 Å². The van der Waals surface area contributed by atoms with Gasteiger partial charge in [-0.3, -0.25) is 9.79 Å². The van der Waals surface area contributed by atoms with Gasteiger partial charge in [0.25, 0.3) is 0 Å². The lowest BCUT2D eigenvalue weighted by molar-refractivity contribution is -0.121. The van der Waals surface area contributed by atoms with E-state index in [-0.39, 0.29) is 5.82 Å². The summed E-state index contributed by atoms with van der Waals surface area (Å²) in [4.78, 5) is 15.9. The van der Waals surface area contributed by atoms with Crippen LogP contribution in [-0.4, -0.2) is 30.6 Å². The van der Waals surface area contributed by atoms with Crippen LogP contribution in [-0.2, 0) is 17.8 Å². The van der Waals surface area contributed by atoms with Crippen molar-refractivity contribution in [1.29, 1.82) is 0 Å². The van der Waals surface area contributed by atoms with Crippen molar-refractivity contribution >= 4 is 11.9 Å². The molecule has 8 heteroatoms. The molecule has 1 atom stereocenters. The SMILES string of the molecule is CN=C(NCc1cc(C(C)C)no1)NCC(Cc1ccc(F)cc1)C(N)=O. The Hall–Kier alpha value is -2.90. The number of carbonyl (C=O) groups is 1. The number of benzene rings is 1. The minimum atomic E-state index is -0.452. The van der Waals surface area contributed by atoms with Gasteiger partial charge in [0.2, 0.25) is 5.91 Å². The molecule has 0 aliphatic rings. The average molecular weight is 375 g/mol. The second kappa shape index (κ2) is 9.70. The topological polar surface area (TPSA) is 106 Å². The smallest absolute Gasteiger partial charge is 0.222 e. The van der Waals surface area contributed by atoms with Crippen molar-refractivity contribution in [2.45, 2.75) is 32.7 Å². The maximum atomic E-state index is 13.0. The summed E-state index contributed by atoms with van der Waals surface area (Å²) in [6, 6.07) is 7.92. The van der Waals surface area contributed by atoms with E-state index in [1.165, 1.54) is 12.1 Å². The number of carbonyl (C=O) groups excluding carboxylic acids is 1. The lowest BCUT2D eigenvalue weighted by atomic mass is 9.98. The number of hydrogen-bond donors (Lipinski definition) is 3. The van der Waals surface area contributed by atoms with E-state index in [2.05, 4.69) is 20.8 Å². The van der Waals surface area contributed by atoms with Crippen LogP contribution in [0, 0.1) is 11.7 Å². The number of nitrogens with zero attached hydrogens (tertiary/aromatic N) is 2. The predicted octanol–water partition coefficient (Wildman–Crippen LogP) is 1.95. The molecular formula is C19H26FN5O2. The molecule has 1 aromatic carbocycles. The van der Waals surface area contributed by atoms with Crippen LogP contribution in [0.25, 0.3) is 0 Å². The Morgan fingerprint density at radius 2 is 2.00 bits per heavy atom. The first-order chi connectivity index (χ1) is 12.9. The first-order valence-corrected chi connectivity index (χ1v) is 8.82. The third kappa shape index (κ3) is 6.40. The third-order valence-electron chi connectivity index (χ3n) is 4.14. The third-order valence-corrected chi connectivity index (χ3v) is 4.14. The molecule has 0 radical (unpaired) electrons. The second-order valence-electron chi connectivity index (χ2n) is 6.61. The zero-order valence-corrected chi connectivity index (χ0v) is 15.8. The number of primary amides is 1. The molecule has 0 aliphatic carbocycles. The van der Waals surface area contributed by atoms with Gasteiger partial charge in [0, 0.05) is 19.7 Å². The summed E-state index contributed by atoms with van der Waals surface area (Å²) in [6.45, 7) is 4.81. The van der Waals surface area contributed by atoms with Crippen molar-refractivity contribution in [2.75, 3.05) is 13.6 Å². The van der Waals surface area contributed by atoms with E-state index in [1.807, 2.05) is 19.9 Å². The zero-order chi connectivity index (χ0) is 19.8. The molecule has 0 aliphatic heterocycles. The van der Waals surface area contributed by atoms with Gasteiger partial charge >= 0.3 is 0 Å². The number of aromatic nitrogens is 1. The Morgan fingerprint density at radius 3 is 2.56 bits per heavy atom. The van der Waals surface area contributed by atoms with E-state index < -0.39 is 11.8 Å². The van der Waals surface area contributed by atoms with Crippen molar-refractivity contribution in [3.8, 4) is 0 Å². The van der Waals surface area contributed by atoms with E-state index in [1.54, 1.807) is 19.2 Å². The molecule has 1 unspecified atom stereocenters. The van der Waals surface area contributed by atoms with Crippen molar-refractivity contribution in [1.82, 2.24) is 15.8 Å². The molecule has 0 bridgehead atoms. The van der Waals surface area contributed by atoms with Crippen LogP contribution < -0.4 is 16.4 Å². The van der Waals surface area contributed by atoms with E-state index in [4.69, 9.17) is 10.3 Å². The molecule has 1 aromatic heterocycles. The largest absolute Gasteiger partial charge is 0.369 e. The lowest BCUT2D eigenvalue weighted by Crippen LogP contribution is -2.42. The number of halogens is 1. The highest BCUT2D eigenvalue weighted by atomic mass is 19.1. The van der Waals surface area contributed by atoms with Gasteiger partial charge in [0.1, 0.15) is 5.82 Å². The number of rotatable bonds is 8. The Bertz CT molecular complexity index is 771. The fourth-order valence-corrected chi connectivity index (χ4v) is 2.47. The Balaban J connectivity index is 1.87. The molecule has 0 saturated carbocycles. The first-order valence-electron chi connectivity index (χ1n) is 8.82. The summed E-state index contributed by atoms with van der Waals surface area (Å²) in [5, 5.41) is 10.2. The van der Waals surface area contributed by atoms with E-state index in [9.17, 15) is 9.18 Å². The van der Waals surface area contributed by atoms with Crippen LogP contribution in [0.1, 0.15) is 36.8 Å². The van der Waals surface area contributed by atoms with Gasteiger partial charge in [-0.25, -0.2) is 4.39 Å². The monoisotopic (exact) mass is 375 g/mol. The number of aliphatic imine (C=N–C) groups is 1. The summed E-state index contributed by atoms with van der Waals surface area (Å²) < 4.78 is 18.3. The fraction of sp³-hybridized carbons (Fsp3) is 0.421. The minimum absolute atomic E-state index is 0.294. The number of nitrogens with one attached hydrogen (secondary N) is 2. The van der Waals surface area contributed by atoms with Crippen molar-refractivity contribution in [2.24, 2.45) is 16.6 Å². The van der Waals surface area contributed by atoms with Gasteiger partial charge in [-0.05, 0) is 30.0 Å². The van der Waals surface area contributed by atoms with E-state index >= 15 is 0 Å². The number of guanidine groups is 1. The second-order valence-corrected chi connectivity index (χ2v) is 6.61. The number of amides is 1. The Morgan fingerprint density at radius 1 is 1.30 bits per heavy atom. The Labute approximate surface area is 158 Å². The summed E-state index contributed by atoms with van der Waals surface area (Å²) in [7, 11) is 1.63. The molecule has 146 valence electrons. The maximum Gasteiger partial charge on any atom is 0.222 e. The molecule has 0 spiro atoms. The molecule has 27 heavy (non-hydrogen) atoms. The molecular weight excluding hydrogens is 349 g/mol. The standard InChI is InChI=1S/C19H26FN5O2/c1-12(2)17-9-16(27-25-17)11-24-19(22-3)23-10-14(18(21)26)8-13-4-6-15(20)7-5-13/h4-7,9,12,14H,8,10-11H2,1-3H3,(H2,21,26)(H2,22,23,24). The lowest BCUT2D eigenvalue weighted by Gasteiger charge is -2.17. The van der Waals surface area contributed by atoms with Gasteiger partial charge in [-0.2, -0.15) is 0 Å². The van der Waals surface area contributed by atoms with Crippen molar-refractivity contribution in [3.63, 3.8) is 0 Å². The maximum absolute atomic E-state index is 13.0. The van der Waals surface area contributed by atoms with Gasteiger partial charge < -0.3 is 20.9 Å². The Kier molecular flexibility index (Phi) is 7.34. The summed E-state index contributed by atoms with van der Waals surface area (Å²) in [5.74, 6) is 0.307. The number of hydrogen-bond acceptors (Lipinski definition) is 4. The first kappa shape index (κ1) is 20.4. The molecule has 7 nitrogen and oxygen atoms in total. The molecule has 1 heterocycles. The van der Waals surface area contributed by atoms with Crippen molar-refractivity contribution in [3.05, 3.63) is 53.2 Å². The van der Waals surface area contributed by atoms with Gasteiger partial charge in [0.05, 0.1) is 18.2 Å². The van der Waals surface area contributed by atoms with Crippen molar-refractivity contribution < 1.29 is 13.7 Å². The molecule has 2 rings (SSSR count). The molecule has 0 fully saturated rings. The zero-order valence-electron chi connectivity index (χ0n) is 15.8. The minimum Gasteiger partial charge on any atom is -0.369 e. The quantitative estimate of drug-likeness (QED) is 0.483. The summed E-state index contributed by atoms with van der Waals surface area (Å²) >= 11 is 0. The average Bonchev–Trinajstić information content (AvgIpc) is 3.11. The van der Waals surface area contributed by atoms with Crippen LogP contribution in [0.3, 0.4) is 0 Å². The summed E-state index contributed by atoms with van der Waals surface area (Å²) in [6.07, 6.45) is 0.416. The fourth-order valence-electron chi connectivity index (χ4n) is 2.47.